The largest absolute Gasteiger partial charge is 0.496 e. The number of amides is 1. The Kier molecular flexibility index (Phi) is 4.38. The van der Waals surface area contributed by atoms with Crippen molar-refractivity contribution in [3.63, 3.8) is 0 Å². The molecule has 1 aromatic rings. The fraction of sp³-hybridized carbons (Fsp3) is 0.611. The lowest BCUT2D eigenvalue weighted by molar-refractivity contribution is -0.120. The lowest BCUT2D eigenvalue weighted by atomic mass is 9.78. The van der Waals surface area contributed by atoms with Crippen LogP contribution in [-0.4, -0.2) is 37.4 Å². The number of rotatable bonds is 5. The molecule has 1 aliphatic heterocycles. The molecular weight excluding hydrogens is 305 g/mol. The van der Waals surface area contributed by atoms with Crippen LogP contribution in [0.15, 0.2) is 18.2 Å². The predicted octanol–water partition coefficient (Wildman–Crippen LogP) is 1.82. The molecule has 0 spiro atoms. The zero-order valence-electron chi connectivity index (χ0n) is 15.1. The highest BCUT2D eigenvalue weighted by atomic mass is 16.7. The fourth-order valence-corrected chi connectivity index (χ4v) is 2.74. The highest BCUT2D eigenvalue weighted by molar-refractivity contribution is 6.62. The molecule has 0 aromatic heterocycles. The summed E-state index contributed by atoms with van der Waals surface area (Å²) in [6.07, 6.45) is 2.46. The normalized spacial score (nSPS) is 21.6. The van der Waals surface area contributed by atoms with Crippen LogP contribution >= 0.6 is 0 Å². The molecule has 1 amide bonds. The van der Waals surface area contributed by atoms with Gasteiger partial charge in [0.1, 0.15) is 5.75 Å². The van der Waals surface area contributed by atoms with Crippen LogP contribution in [0.5, 0.6) is 5.75 Å². The van der Waals surface area contributed by atoms with E-state index in [0.717, 1.165) is 23.9 Å². The van der Waals surface area contributed by atoms with Crippen molar-refractivity contribution in [2.24, 2.45) is 0 Å². The molecule has 1 heterocycles. The molecule has 24 heavy (non-hydrogen) atoms. The number of hydrogen-bond acceptors (Lipinski definition) is 4. The van der Waals surface area contributed by atoms with Crippen LogP contribution in [-0.2, 0) is 20.5 Å². The van der Waals surface area contributed by atoms with Crippen LogP contribution in [0.2, 0.25) is 0 Å². The Morgan fingerprint density at radius 2 is 1.88 bits per heavy atom. The van der Waals surface area contributed by atoms with E-state index in [1.165, 1.54) is 0 Å². The van der Waals surface area contributed by atoms with E-state index in [1.54, 1.807) is 7.11 Å². The Labute approximate surface area is 144 Å². The molecule has 2 aliphatic rings. The second-order valence-corrected chi connectivity index (χ2v) is 7.68. The number of nitrogens with one attached hydrogen (secondary N) is 1. The summed E-state index contributed by atoms with van der Waals surface area (Å²) in [7, 11) is 1.18. The summed E-state index contributed by atoms with van der Waals surface area (Å²) in [5.41, 5.74) is 0.980. The third kappa shape index (κ3) is 3.45. The molecule has 1 aliphatic carbocycles. The minimum Gasteiger partial charge on any atom is -0.496 e. The van der Waals surface area contributed by atoms with E-state index in [2.05, 4.69) is 5.32 Å². The summed E-state index contributed by atoms with van der Waals surface area (Å²) >= 11 is 0. The fourth-order valence-electron chi connectivity index (χ4n) is 2.74. The standard InChI is InChI=1S/C18H26BNO4/c1-17(2)18(3,4)24-19(23-17)13-6-9-15(22-5)12(10-13)11-16(21)20-14-7-8-14/h6,9-10,14H,7-8,11H2,1-5H3,(H,20,21). The molecule has 0 atom stereocenters. The van der Waals surface area contributed by atoms with Crippen molar-refractivity contribution in [3.8, 4) is 5.75 Å². The number of ether oxygens (including phenoxy) is 1. The van der Waals surface area contributed by atoms with Gasteiger partial charge in [0.05, 0.1) is 24.7 Å². The summed E-state index contributed by atoms with van der Waals surface area (Å²) in [6.45, 7) is 8.11. The van der Waals surface area contributed by atoms with E-state index in [9.17, 15) is 4.79 Å². The molecule has 130 valence electrons. The zero-order chi connectivity index (χ0) is 17.5. The van der Waals surface area contributed by atoms with E-state index >= 15 is 0 Å². The molecule has 3 rings (SSSR count). The van der Waals surface area contributed by atoms with Gasteiger partial charge in [0.25, 0.3) is 0 Å². The smallest absolute Gasteiger partial charge is 0.494 e. The van der Waals surface area contributed by atoms with Gasteiger partial charge in [0, 0.05) is 11.6 Å². The first kappa shape index (κ1) is 17.3. The Morgan fingerprint density at radius 3 is 2.42 bits per heavy atom. The van der Waals surface area contributed by atoms with Crippen molar-refractivity contribution in [1.29, 1.82) is 0 Å². The summed E-state index contributed by atoms with van der Waals surface area (Å²) in [5, 5.41) is 3.01. The molecule has 1 aromatic carbocycles. The van der Waals surface area contributed by atoms with E-state index in [4.69, 9.17) is 14.0 Å². The maximum absolute atomic E-state index is 12.1. The summed E-state index contributed by atoms with van der Waals surface area (Å²) < 4.78 is 17.6. The summed E-state index contributed by atoms with van der Waals surface area (Å²) in [6, 6.07) is 6.12. The van der Waals surface area contributed by atoms with E-state index in [0.29, 0.717) is 18.2 Å². The predicted molar refractivity (Wildman–Crippen MR) is 93.6 cm³/mol. The molecular formula is C18H26BNO4. The third-order valence-electron chi connectivity index (χ3n) is 5.12. The lowest BCUT2D eigenvalue weighted by Crippen LogP contribution is -2.41. The van der Waals surface area contributed by atoms with E-state index in [1.807, 2.05) is 45.9 Å². The quantitative estimate of drug-likeness (QED) is 0.836. The van der Waals surface area contributed by atoms with Gasteiger partial charge in [-0.05, 0) is 52.1 Å². The van der Waals surface area contributed by atoms with Crippen molar-refractivity contribution in [1.82, 2.24) is 5.32 Å². The maximum Gasteiger partial charge on any atom is 0.494 e. The van der Waals surface area contributed by atoms with Gasteiger partial charge in [-0.25, -0.2) is 0 Å². The maximum atomic E-state index is 12.1. The third-order valence-corrected chi connectivity index (χ3v) is 5.12. The number of benzene rings is 1. The topological polar surface area (TPSA) is 56.8 Å². The van der Waals surface area contributed by atoms with Gasteiger partial charge in [-0.2, -0.15) is 0 Å². The Hall–Kier alpha value is -1.53. The number of carbonyl (C=O) groups excluding carboxylic acids is 1. The van der Waals surface area contributed by atoms with Crippen molar-refractivity contribution in [3.05, 3.63) is 23.8 Å². The van der Waals surface area contributed by atoms with E-state index < -0.39 is 7.12 Å². The Bertz CT molecular complexity index is 624. The molecule has 1 saturated heterocycles. The minimum absolute atomic E-state index is 0.0295. The highest BCUT2D eigenvalue weighted by Gasteiger charge is 2.51. The number of hydrogen-bond donors (Lipinski definition) is 1. The highest BCUT2D eigenvalue weighted by Crippen LogP contribution is 2.36. The average Bonchev–Trinajstić information content (AvgIpc) is 3.25. The second kappa shape index (κ2) is 6.08. The van der Waals surface area contributed by atoms with Crippen LogP contribution in [0.4, 0.5) is 0 Å². The second-order valence-electron chi connectivity index (χ2n) is 7.68. The first-order valence-electron chi connectivity index (χ1n) is 8.54. The first-order valence-corrected chi connectivity index (χ1v) is 8.54. The van der Waals surface area contributed by atoms with E-state index in [-0.39, 0.29) is 17.1 Å². The van der Waals surface area contributed by atoms with Gasteiger partial charge in [-0.1, -0.05) is 12.1 Å². The summed E-state index contributed by atoms with van der Waals surface area (Å²) in [5.74, 6) is 0.739. The number of methoxy groups -OCH3 is 1. The molecule has 0 bridgehead atoms. The molecule has 5 nitrogen and oxygen atoms in total. The molecule has 0 unspecified atom stereocenters. The van der Waals surface area contributed by atoms with Crippen molar-refractivity contribution in [2.45, 2.75) is 64.2 Å². The summed E-state index contributed by atoms with van der Waals surface area (Å²) in [4.78, 5) is 12.1. The van der Waals surface area contributed by atoms with Gasteiger partial charge in [0.2, 0.25) is 5.91 Å². The van der Waals surface area contributed by atoms with Gasteiger partial charge >= 0.3 is 7.12 Å². The first-order chi connectivity index (χ1) is 11.2. The van der Waals surface area contributed by atoms with Gasteiger partial charge < -0.3 is 19.4 Å². The van der Waals surface area contributed by atoms with Crippen LogP contribution < -0.4 is 15.5 Å². The molecule has 6 heteroatoms. The molecule has 1 saturated carbocycles. The van der Waals surface area contributed by atoms with Gasteiger partial charge in [-0.15, -0.1) is 0 Å². The Balaban J connectivity index is 1.79. The van der Waals surface area contributed by atoms with Crippen LogP contribution in [0.1, 0.15) is 46.1 Å². The van der Waals surface area contributed by atoms with Crippen molar-refractivity contribution >= 4 is 18.5 Å². The number of carbonyl (C=O) groups is 1. The average molecular weight is 331 g/mol. The molecule has 2 fully saturated rings. The van der Waals surface area contributed by atoms with Gasteiger partial charge in [-0.3, -0.25) is 4.79 Å². The van der Waals surface area contributed by atoms with Crippen molar-refractivity contribution < 1.29 is 18.8 Å². The van der Waals surface area contributed by atoms with Crippen molar-refractivity contribution in [2.75, 3.05) is 7.11 Å². The zero-order valence-corrected chi connectivity index (χ0v) is 15.1. The molecule has 1 N–H and O–H groups in total. The van der Waals surface area contributed by atoms with Crippen LogP contribution in [0.25, 0.3) is 0 Å². The van der Waals surface area contributed by atoms with Crippen LogP contribution in [0.3, 0.4) is 0 Å². The van der Waals surface area contributed by atoms with Gasteiger partial charge in [0.15, 0.2) is 0 Å². The SMILES string of the molecule is COc1ccc(B2OC(C)(C)C(C)(C)O2)cc1CC(=O)NC1CC1. The minimum atomic E-state index is -0.439. The Morgan fingerprint density at radius 1 is 1.25 bits per heavy atom. The molecule has 0 radical (unpaired) electrons. The van der Waals surface area contributed by atoms with Crippen LogP contribution in [0, 0.1) is 0 Å². The lowest BCUT2D eigenvalue weighted by Gasteiger charge is -2.32. The monoisotopic (exact) mass is 331 g/mol.